The first kappa shape index (κ1) is 9.96. The molecule has 1 aliphatic heterocycles. The third kappa shape index (κ3) is 2.73. The van der Waals surface area contributed by atoms with E-state index in [0.717, 1.165) is 25.9 Å². The SMILES string of the molecule is COC(C)CC1CNCCC1O. The van der Waals surface area contributed by atoms with E-state index < -0.39 is 0 Å². The van der Waals surface area contributed by atoms with Gasteiger partial charge in [0.25, 0.3) is 0 Å². The Kier molecular flexibility index (Phi) is 3.98. The standard InChI is InChI=1S/C9H19NO2/c1-7(12-2)5-8-6-10-4-3-9(8)11/h7-11H,3-6H2,1-2H3. The summed E-state index contributed by atoms with van der Waals surface area (Å²) in [6.45, 7) is 3.91. The topological polar surface area (TPSA) is 41.5 Å². The lowest BCUT2D eigenvalue weighted by Crippen LogP contribution is -2.41. The summed E-state index contributed by atoms with van der Waals surface area (Å²) in [6.07, 6.45) is 1.94. The normalized spacial score (nSPS) is 33.2. The highest BCUT2D eigenvalue weighted by atomic mass is 16.5. The van der Waals surface area contributed by atoms with E-state index in [1.807, 2.05) is 6.92 Å². The van der Waals surface area contributed by atoms with Crippen LogP contribution in [0.5, 0.6) is 0 Å². The van der Waals surface area contributed by atoms with Crippen molar-refractivity contribution in [3.05, 3.63) is 0 Å². The van der Waals surface area contributed by atoms with Gasteiger partial charge in [-0.25, -0.2) is 0 Å². The monoisotopic (exact) mass is 173 g/mol. The number of aliphatic hydroxyl groups is 1. The van der Waals surface area contributed by atoms with Gasteiger partial charge in [0.15, 0.2) is 0 Å². The van der Waals surface area contributed by atoms with Crippen LogP contribution in [-0.2, 0) is 4.74 Å². The Morgan fingerprint density at radius 3 is 3.00 bits per heavy atom. The van der Waals surface area contributed by atoms with Gasteiger partial charge in [0.1, 0.15) is 0 Å². The second-order valence-electron chi connectivity index (χ2n) is 3.60. The molecule has 0 aliphatic carbocycles. The van der Waals surface area contributed by atoms with Gasteiger partial charge >= 0.3 is 0 Å². The summed E-state index contributed by atoms with van der Waals surface area (Å²) in [4.78, 5) is 0. The van der Waals surface area contributed by atoms with E-state index in [2.05, 4.69) is 5.32 Å². The van der Waals surface area contributed by atoms with Gasteiger partial charge < -0.3 is 15.2 Å². The molecule has 0 aromatic carbocycles. The van der Waals surface area contributed by atoms with Gasteiger partial charge in [0, 0.05) is 13.7 Å². The van der Waals surface area contributed by atoms with Gasteiger partial charge in [-0.2, -0.15) is 0 Å². The van der Waals surface area contributed by atoms with Crippen molar-refractivity contribution < 1.29 is 9.84 Å². The summed E-state index contributed by atoms with van der Waals surface area (Å²) >= 11 is 0. The van der Waals surface area contributed by atoms with Crippen LogP contribution in [0.4, 0.5) is 0 Å². The second kappa shape index (κ2) is 4.80. The summed E-state index contributed by atoms with van der Waals surface area (Å²) in [5.41, 5.74) is 0. The first-order valence-electron chi connectivity index (χ1n) is 4.65. The second-order valence-corrected chi connectivity index (χ2v) is 3.60. The number of methoxy groups -OCH3 is 1. The number of hydrogen-bond donors (Lipinski definition) is 2. The van der Waals surface area contributed by atoms with E-state index in [0.29, 0.717) is 5.92 Å². The minimum atomic E-state index is -0.135. The van der Waals surface area contributed by atoms with Crippen LogP contribution in [0.1, 0.15) is 19.8 Å². The third-order valence-corrected chi connectivity index (χ3v) is 2.60. The molecule has 1 rings (SSSR count). The fraction of sp³-hybridized carbons (Fsp3) is 1.00. The summed E-state index contributed by atoms with van der Waals surface area (Å²) in [5, 5.41) is 12.9. The first-order valence-corrected chi connectivity index (χ1v) is 4.65. The Hall–Kier alpha value is -0.120. The molecule has 12 heavy (non-hydrogen) atoms. The average Bonchev–Trinajstić information content (AvgIpc) is 2.09. The zero-order chi connectivity index (χ0) is 8.97. The summed E-state index contributed by atoms with van der Waals surface area (Å²) in [5.74, 6) is 0.369. The average molecular weight is 173 g/mol. The molecule has 1 saturated heterocycles. The van der Waals surface area contributed by atoms with E-state index in [1.165, 1.54) is 0 Å². The van der Waals surface area contributed by atoms with Gasteiger partial charge in [-0.3, -0.25) is 0 Å². The predicted molar refractivity (Wildman–Crippen MR) is 48.1 cm³/mol. The van der Waals surface area contributed by atoms with Gasteiger partial charge in [-0.05, 0) is 32.2 Å². The van der Waals surface area contributed by atoms with Gasteiger partial charge in [0.05, 0.1) is 12.2 Å². The number of nitrogens with one attached hydrogen (secondary N) is 1. The lowest BCUT2D eigenvalue weighted by atomic mass is 9.91. The fourth-order valence-corrected chi connectivity index (χ4v) is 1.67. The molecule has 3 atom stereocenters. The third-order valence-electron chi connectivity index (χ3n) is 2.60. The molecule has 1 fully saturated rings. The molecule has 3 heteroatoms. The van der Waals surface area contributed by atoms with E-state index in [1.54, 1.807) is 7.11 Å². The molecule has 0 radical (unpaired) electrons. The molecule has 0 saturated carbocycles. The van der Waals surface area contributed by atoms with Gasteiger partial charge in [-0.15, -0.1) is 0 Å². The Morgan fingerprint density at radius 2 is 2.42 bits per heavy atom. The Balaban J connectivity index is 2.28. The van der Waals surface area contributed by atoms with Crippen molar-refractivity contribution in [3.8, 4) is 0 Å². The number of ether oxygens (including phenoxy) is 1. The van der Waals surface area contributed by atoms with Crippen LogP contribution in [0, 0.1) is 5.92 Å². The molecule has 0 aromatic rings. The molecular weight excluding hydrogens is 154 g/mol. The number of aliphatic hydroxyl groups excluding tert-OH is 1. The lowest BCUT2D eigenvalue weighted by molar-refractivity contribution is 0.0303. The van der Waals surface area contributed by atoms with E-state index in [9.17, 15) is 5.11 Å². The van der Waals surface area contributed by atoms with Crippen LogP contribution in [0.15, 0.2) is 0 Å². The lowest BCUT2D eigenvalue weighted by Gasteiger charge is -2.29. The van der Waals surface area contributed by atoms with Crippen molar-refractivity contribution in [2.45, 2.75) is 32.0 Å². The van der Waals surface area contributed by atoms with Crippen LogP contribution in [-0.4, -0.2) is 37.5 Å². The summed E-state index contributed by atoms with van der Waals surface area (Å²) < 4.78 is 5.16. The van der Waals surface area contributed by atoms with Crippen LogP contribution >= 0.6 is 0 Å². The molecular formula is C9H19NO2. The molecule has 0 amide bonds. The highest BCUT2D eigenvalue weighted by Gasteiger charge is 2.24. The van der Waals surface area contributed by atoms with Crippen molar-refractivity contribution in [1.82, 2.24) is 5.32 Å². The number of hydrogen-bond acceptors (Lipinski definition) is 3. The summed E-state index contributed by atoms with van der Waals surface area (Å²) in [7, 11) is 1.72. The van der Waals surface area contributed by atoms with Crippen molar-refractivity contribution in [2.75, 3.05) is 20.2 Å². The van der Waals surface area contributed by atoms with Gasteiger partial charge in [0.2, 0.25) is 0 Å². The Morgan fingerprint density at radius 1 is 1.67 bits per heavy atom. The zero-order valence-electron chi connectivity index (χ0n) is 7.92. The summed E-state index contributed by atoms with van der Waals surface area (Å²) in [6, 6.07) is 0. The molecule has 72 valence electrons. The minimum absolute atomic E-state index is 0.135. The quantitative estimate of drug-likeness (QED) is 0.648. The fourth-order valence-electron chi connectivity index (χ4n) is 1.67. The van der Waals surface area contributed by atoms with Crippen molar-refractivity contribution >= 4 is 0 Å². The molecule has 0 spiro atoms. The minimum Gasteiger partial charge on any atom is -0.393 e. The Labute approximate surface area is 74.1 Å². The van der Waals surface area contributed by atoms with E-state index in [4.69, 9.17) is 4.74 Å². The van der Waals surface area contributed by atoms with Crippen LogP contribution in [0.25, 0.3) is 0 Å². The maximum atomic E-state index is 9.62. The molecule has 1 heterocycles. The highest BCUT2D eigenvalue weighted by Crippen LogP contribution is 2.17. The van der Waals surface area contributed by atoms with Gasteiger partial charge in [-0.1, -0.05) is 0 Å². The van der Waals surface area contributed by atoms with Crippen molar-refractivity contribution in [2.24, 2.45) is 5.92 Å². The van der Waals surface area contributed by atoms with Crippen LogP contribution in [0.3, 0.4) is 0 Å². The molecule has 3 nitrogen and oxygen atoms in total. The molecule has 2 N–H and O–H groups in total. The van der Waals surface area contributed by atoms with E-state index in [-0.39, 0.29) is 12.2 Å². The molecule has 0 bridgehead atoms. The van der Waals surface area contributed by atoms with Crippen LogP contribution < -0.4 is 5.32 Å². The maximum Gasteiger partial charge on any atom is 0.0593 e. The van der Waals surface area contributed by atoms with Crippen molar-refractivity contribution in [1.29, 1.82) is 0 Å². The maximum absolute atomic E-state index is 9.62. The van der Waals surface area contributed by atoms with Crippen LogP contribution in [0.2, 0.25) is 0 Å². The molecule has 1 aliphatic rings. The first-order chi connectivity index (χ1) is 5.74. The zero-order valence-corrected chi connectivity index (χ0v) is 7.92. The smallest absolute Gasteiger partial charge is 0.0593 e. The largest absolute Gasteiger partial charge is 0.393 e. The Bertz CT molecular complexity index is 130. The highest BCUT2D eigenvalue weighted by molar-refractivity contribution is 4.78. The predicted octanol–water partition coefficient (Wildman–Crippen LogP) is 0.382. The number of piperidine rings is 1. The molecule has 3 unspecified atom stereocenters. The molecule has 0 aromatic heterocycles. The van der Waals surface area contributed by atoms with E-state index >= 15 is 0 Å². The van der Waals surface area contributed by atoms with Crippen molar-refractivity contribution in [3.63, 3.8) is 0 Å². The number of rotatable bonds is 3.